The normalized spacial score (nSPS) is 11.0. The Morgan fingerprint density at radius 3 is 2.81 bits per heavy atom. The van der Waals surface area contributed by atoms with E-state index >= 15 is 0 Å². The summed E-state index contributed by atoms with van der Waals surface area (Å²) in [4.78, 5) is 15.9. The molecule has 132 valence electrons. The number of nitrogens with zero attached hydrogens (tertiary/aromatic N) is 3. The van der Waals surface area contributed by atoms with Crippen molar-refractivity contribution in [2.45, 2.75) is 6.92 Å². The summed E-state index contributed by atoms with van der Waals surface area (Å²) in [6.07, 6.45) is 1.53. The highest BCUT2D eigenvalue weighted by atomic mass is 35.5. The highest BCUT2D eigenvalue weighted by molar-refractivity contribution is 7.14. The van der Waals surface area contributed by atoms with Gasteiger partial charge in [0.05, 0.1) is 17.5 Å². The molecule has 0 saturated heterocycles. The highest BCUT2D eigenvalue weighted by Crippen LogP contribution is 2.31. The van der Waals surface area contributed by atoms with Crippen molar-refractivity contribution in [2.75, 3.05) is 12.1 Å². The number of carbonyl (C=O) groups is 1. The summed E-state index contributed by atoms with van der Waals surface area (Å²) in [7, 11) is 1.76. The standard InChI is InChI=1S/C19H16ClN3O2S/c1-12-7-8-13(15(9-12)18(24)25)10-21-23(2)19-22-17(11-26-19)14-5-3-4-6-16(14)20/h3-11H,1-2H3,(H,24,25). The van der Waals surface area contributed by atoms with Gasteiger partial charge in [-0.05, 0) is 19.1 Å². The van der Waals surface area contributed by atoms with Gasteiger partial charge in [-0.25, -0.2) is 14.8 Å². The molecule has 26 heavy (non-hydrogen) atoms. The summed E-state index contributed by atoms with van der Waals surface area (Å²) < 4.78 is 0. The van der Waals surface area contributed by atoms with Crippen LogP contribution in [-0.2, 0) is 0 Å². The maximum Gasteiger partial charge on any atom is 0.336 e. The van der Waals surface area contributed by atoms with E-state index in [1.165, 1.54) is 17.6 Å². The molecular formula is C19H16ClN3O2S. The van der Waals surface area contributed by atoms with Crippen molar-refractivity contribution in [3.05, 3.63) is 69.6 Å². The second-order valence-electron chi connectivity index (χ2n) is 5.66. The van der Waals surface area contributed by atoms with Gasteiger partial charge in [-0.3, -0.25) is 0 Å². The zero-order valence-electron chi connectivity index (χ0n) is 14.2. The van der Waals surface area contributed by atoms with E-state index in [0.29, 0.717) is 15.7 Å². The van der Waals surface area contributed by atoms with Gasteiger partial charge < -0.3 is 5.11 Å². The Labute approximate surface area is 160 Å². The first-order chi connectivity index (χ1) is 12.5. The molecular weight excluding hydrogens is 370 g/mol. The van der Waals surface area contributed by atoms with Crippen molar-refractivity contribution >= 4 is 40.3 Å². The quantitative estimate of drug-likeness (QED) is 0.499. The predicted octanol–water partition coefficient (Wildman–Crippen LogP) is 4.94. The molecule has 0 atom stereocenters. The number of rotatable bonds is 5. The number of aromatic carboxylic acids is 1. The van der Waals surface area contributed by atoms with Crippen LogP contribution in [0.2, 0.25) is 5.02 Å². The topological polar surface area (TPSA) is 65.8 Å². The molecule has 0 spiro atoms. The van der Waals surface area contributed by atoms with Crippen LogP contribution in [0.1, 0.15) is 21.5 Å². The second kappa shape index (κ2) is 7.68. The van der Waals surface area contributed by atoms with Gasteiger partial charge in [-0.2, -0.15) is 5.10 Å². The maximum absolute atomic E-state index is 11.4. The van der Waals surface area contributed by atoms with E-state index in [1.807, 2.05) is 42.6 Å². The zero-order valence-corrected chi connectivity index (χ0v) is 15.8. The van der Waals surface area contributed by atoms with Crippen molar-refractivity contribution in [3.63, 3.8) is 0 Å². The number of hydrogen-bond acceptors (Lipinski definition) is 5. The van der Waals surface area contributed by atoms with E-state index in [2.05, 4.69) is 10.1 Å². The van der Waals surface area contributed by atoms with Crippen molar-refractivity contribution in [1.82, 2.24) is 4.98 Å². The number of thiazole rings is 1. The first-order valence-electron chi connectivity index (χ1n) is 7.78. The molecule has 2 aromatic carbocycles. The number of hydrazone groups is 1. The number of halogens is 1. The number of benzene rings is 2. The molecule has 0 bridgehead atoms. The van der Waals surface area contributed by atoms with Gasteiger partial charge in [0.1, 0.15) is 0 Å². The molecule has 3 aromatic rings. The van der Waals surface area contributed by atoms with Crippen LogP contribution in [0.5, 0.6) is 0 Å². The monoisotopic (exact) mass is 385 g/mol. The Morgan fingerprint density at radius 2 is 2.08 bits per heavy atom. The lowest BCUT2D eigenvalue weighted by Gasteiger charge is -2.09. The van der Waals surface area contributed by atoms with E-state index in [-0.39, 0.29) is 5.56 Å². The van der Waals surface area contributed by atoms with Crippen molar-refractivity contribution < 1.29 is 9.90 Å². The molecule has 0 radical (unpaired) electrons. The minimum Gasteiger partial charge on any atom is -0.478 e. The molecule has 5 nitrogen and oxygen atoms in total. The zero-order chi connectivity index (χ0) is 18.7. The van der Waals surface area contributed by atoms with Gasteiger partial charge in [0, 0.05) is 28.6 Å². The smallest absolute Gasteiger partial charge is 0.336 e. The fourth-order valence-electron chi connectivity index (χ4n) is 2.37. The summed E-state index contributed by atoms with van der Waals surface area (Å²) in [5.74, 6) is -0.979. The van der Waals surface area contributed by atoms with E-state index in [4.69, 9.17) is 11.6 Å². The number of carboxylic acids is 1. The van der Waals surface area contributed by atoms with Gasteiger partial charge in [0.15, 0.2) is 0 Å². The highest BCUT2D eigenvalue weighted by Gasteiger charge is 2.11. The molecule has 0 aliphatic rings. The average molecular weight is 386 g/mol. The SMILES string of the molecule is Cc1ccc(C=NN(C)c2nc(-c3ccccc3Cl)cs2)c(C(=O)O)c1. The Bertz CT molecular complexity index is 984. The summed E-state index contributed by atoms with van der Waals surface area (Å²) in [6, 6.07) is 12.7. The van der Waals surface area contributed by atoms with Crippen LogP contribution in [-0.4, -0.2) is 29.3 Å². The molecule has 0 fully saturated rings. The van der Waals surface area contributed by atoms with Crippen LogP contribution in [0, 0.1) is 6.92 Å². The Balaban J connectivity index is 1.83. The van der Waals surface area contributed by atoms with Crippen molar-refractivity contribution in [2.24, 2.45) is 5.10 Å². The molecule has 0 aliphatic carbocycles. The number of aryl methyl sites for hydroxylation is 1. The van der Waals surface area contributed by atoms with Crippen LogP contribution in [0.15, 0.2) is 52.9 Å². The van der Waals surface area contributed by atoms with Crippen molar-refractivity contribution in [1.29, 1.82) is 0 Å². The van der Waals surface area contributed by atoms with Gasteiger partial charge in [0.2, 0.25) is 5.13 Å². The summed E-state index contributed by atoms with van der Waals surface area (Å²) >= 11 is 7.65. The van der Waals surface area contributed by atoms with Gasteiger partial charge in [0.25, 0.3) is 0 Å². The van der Waals surface area contributed by atoms with Crippen LogP contribution in [0.4, 0.5) is 5.13 Å². The third kappa shape index (κ3) is 3.92. The second-order valence-corrected chi connectivity index (χ2v) is 6.90. The fourth-order valence-corrected chi connectivity index (χ4v) is 3.35. The minimum absolute atomic E-state index is 0.220. The lowest BCUT2D eigenvalue weighted by atomic mass is 10.1. The van der Waals surface area contributed by atoms with Crippen molar-refractivity contribution in [3.8, 4) is 11.3 Å². The molecule has 1 N–H and O–H groups in total. The number of hydrogen-bond donors (Lipinski definition) is 1. The summed E-state index contributed by atoms with van der Waals surface area (Å²) in [5, 5.41) is 18.5. The predicted molar refractivity (Wildman–Crippen MR) is 107 cm³/mol. The maximum atomic E-state index is 11.4. The van der Waals surface area contributed by atoms with Crippen LogP contribution >= 0.6 is 22.9 Å². The lowest BCUT2D eigenvalue weighted by Crippen LogP contribution is -2.10. The van der Waals surface area contributed by atoms with Crippen LogP contribution < -0.4 is 5.01 Å². The molecule has 1 aromatic heterocycles. The number of aromatic nitrogens is 1. The van der Waals surface area contributed by atoms with Gasteiger partial charge in [-0.1, -0.05) is 47.5 Å². The van der Waals surface area contributed by atoms with E-state index in [9.17, 15) is 9.90 Å². The van der Waals surface area contributed by atoms with E-state index in [0.717, 1.165) is 16.8 Å². The lowest BCUT2D eigenvalue weighted by molar-refractivity contribution is 0.0696. The minimum atomic E-state index is -0.979. The largest absolute Gasteiger partial charge is 0.478 e. The molecule has 0 amide bonds. The molecule has 1 heterocycles. The molecule has 7 heteroatoms. The van der Waals surface area contributed by atoms with E-state index < -0.39 is 5.97 Å². The first kappa shape index (κ1) is 18.1. The third-order valence-electron chi connectivity index (χ3n) is 3.73. The fraction of sp³-hybridized carbons (Fsp3) is 0.105. The average Bonchev–Trinajstić information content (AvgIpc) is 3.10. The number of anilines is 1. The van der Waals surface area contributed by atoms with Crippen LogP contribution in [0.3, 0.4) is 0 Å². The first-order valence-corrected chi connectivity index (χ1v) is 9.03. The molecule has 3 rings (SSSR count). The Hall–Kier alpha value is -2.70. The molecule has 0 saturated carbocycles. The Morgan fingerprint density at radius 1 is 1.31 bits per heavy atom. The molecule has 0 aliphatic heterocycles. The van der Waals surface area contributed by atoms with Gasteiger partial charge in [-0.15, -0.1) is 11.3 Å². The summed E-state index contributed by atoms with van der Waals surface area (Å²) in [6.45, 7) is 1.85. The summed E-state index contributed by atoms with van der Waals surface area (Å²) in [5.41, 5.74) is 3.29. The Kier molecular flexibility index (Phi) is 5.35. The number of carboxylic acid groups (broad SMARTS) is 1. The molecule has 0 unspecified atom stereocenters. The van der Waals surface area contributed by atoms with Crippen LogP contribution in [0.25, 0.3) is 11.3 Å². The third-order valence-corrected chi connectivity index (χ3v) is 4.96. The van der Waals surface area contributed by atoms with E-state index in [1.54, 1.807) is 24.2 Å². The van der Waals surface area contributed by atoms with Gasteiger partial charge >= 0.3 is 5.97 Å².